The van der Waals surface area contributed by atoms with E-state index in [9.17, 15) is 4.79 Å². The number of rotatable bonds is 5. The molecule has 7 heteroatoms. The summed E-state index contributed by atoms with van der Waals surface area (Å²) >= 11 is 0. The third-order valence-corrected chi connectivity index (χ3v) is 5.08. The Balaban J connectivity index is 1.56. The Hall–Kier alpha value is -3.35. The van der Waals surface area contributed by atoms with Gasteiger partial charge >= 0.3 is 0 Å². The van der Waals surface area contributed by atoms with Crippen molar-refractivity contribution < 1.29 is 18.8 Å². The van der Waals surface area contributed by atoms with E-state index in [1.807, 2.05) is 32.0 Å². The molecule has 1 aromatic heterocycles. The first-order valence-corrected chi connectivity index (χ1v) is 9.43. The summed E-state index contributed by atoms with van der Waals surface area (Å²) < 4.78 is 16.1. The summed E-state index contributed by atoms with van der Waals surface area (Å²) in [5.74, 6) is 2.12. The molecule has 3 aromatic rings. The zero-order valence-corrected chi connectivity index (χ0v) is 16.9. The molecule has 0 bridgehead atoms. The molecule has 2 heterocycles. The van der Waals surface area contributed by atoms with Crippen molar-refractivity contribution in [3.8, 4) is 23.0 Å². The number of anilines is 1. The molecule has 0 aliphatic carbocycles. The lowest BCUT2D eigenvalue weighted by Crippen LogP contribution is -2.24. The minimum absolute atomic E-state index is 0.0139. The lowest BCUT2D eigenvalue weighted by molar-refractivity contribution is -0.117. The number of amides is 1. The normalized spacial score (nSPS) is 16.3. The van der Waals surface area contributed by atoms with Gasteiger partial charge in [-0.25, -0.2) is 0 Å². The van der Waals surface area contributed by atoms with Gasteiger partial charge in [0.2, 0.25) is 5.91 Å². The van der Waals surface area contributed by atoms with Gasteiger partial charge in [0.15, 0.2) is 17.3 Å². The highest BCUT2D eigenvalue weighted by molar-refractivity contribution is 5.96. The topological polar surface area (TPSA) is 77.7 Å². The Morgan fingerprint density at radius 2 is 1.76 bits per heavy atom. The predicted molar refractivity (Wildman–Crippen MR) is 108 cm³/mol. The van der Waals surface area contributed by atoms with Crippen LogP contribution in [-0.2, 0) is 4.79 Å². The number of carbonyl (C=O) groups excluding carboxylic acids is 1. The maximum atomic E-state index is 12.6. The second kappa shape index (κ2) is 7.58. The molecule has 1 aliphatic heterocycles. The summed E-state index contributed by atoms with van der Waals surface area (Å²) in [6, 6.07) is 11.6. The van der Waals surface area contributed by atoms with Gasteiger partial charge in [0.1, 0.15) is 0 Å². The smallest absolute Gasteiger partial charge is 0.257 e. The number of benzene rings is 2. The van der Waals surface area contributed by atoms with Crippen LogP contribution in [0.25, 0.3) is 11.5 Å². The van der Waals surface area contributed by atoms with Crippen molar-refractivity contribution in [2.24, 2.45) is 0 Å². The molecule has 2 aromatic carbocycles. The van der Waals surface area contributed by atoms with Gasteiger partial charge in [0.25, 0.3) is 5.89 Å². The van der Waals surface area contributed by atoms with Crippen LogP contribution in [0.1, 0.15) is 29.3 Å². The van der Waals surface area contributed by atoms with E-state index in [0.717, 1.165) is 22.4 Å². The Kier molecular flexibility index (Phi) is 4.96. The number of nitrogens with zero attached hydrogens (tertiary/aromatic N) is 3. The second-order valence-electron chi connectivity index (χ2n) is 7.28. The molecule has 1 fully saturated rings. The fourth-order valence-corrected chi connectivity index (χ4v) is 3.74. The summed E-state index contributed by atoms with van der Waals surface area (Å²) in [4.78, 5) is 18.9. The quantitative estimate of drug-likeness (QED) is 0.654. The van der Waals surface area contributed by atoms with Gasteiger partial charge in [-0.3, -0.25) is 4.79 Å². The van der Waals surface area contributed by atoms with Crippen LogP contribution >= 0.6 is 0 Å². The van der Waals surface area contributed by atoms with Crippen molar-refractivity contribution in [2.45, 2.75) is 26.2 Å². The SMILES string of the molecule is COc1ccc(N2C[C@H](c3noc(-c4cc(C)cc(C)c4)n3)CC2=O)cc1OC. The van der Waals surface area contributed by atoms with Crippen molar-refractivity contribution in [3.05, 3.63) is 53.3 Å². The van der Waals surface area contributed by atoms with E-state index in [0.29, 0.717) is 36.2 Å². The molecule has 1 aliphatic rings. The molecule has 29 heavy (non-hydrogen) atoms. The predicted octanol–water partition coefficient (Wildman–Crippen LogP) is 3.89. The number of hydrogen-bond acceptors (Lipinski definition) is 6. The highest BCUT2D eigenvalue weighted by Crippen LogP contribution is 2.36. The molecular formula is C22H23N3O4. The van der Waals surface area contributed by atoms with Gasteiger partial charge in [-0.05, 0) is 38.1 Å². The minimum atomic E-state index is -0.126. The van der Waals surface area contributed by atoms with Gasteiger partial charge in [0, 0.05) is 36.2 Å². The van der Waals surface area contributed by atoms with Crippen molar-refractivity contribution in [2.75, 3.05) is 25.7 Å². The van der Waals surface area contributed by atoms with E-state index in [4.69, 9.17) is 14.0 Å². The minimum Gasteiger partial charge on any atom is -0.493 e. The molecule has 1 amide bonds. The standard InChI is InChI=1S/C22H23N3O4/c1-13-7-14(2)9-15(8-13)22-23-21(24-29-22)16-10-20(26)25(12-16)17-5-6-18(27-3)19(11-17)28-4/h5-9,11,16H,10,12H2,1-4H3/t16-/m1/s1. The first-order valence-electron chi connectivity index (χ1n) is 9.43. The Morgan fingerprint density at radius 1 is 1.03 bits per heavy atom. The molecule has 0 saturated carbocycles. The maximum Gasteiger partial charge on any atom is 0.257 e. The van der Waals surface area contributed by atoms with E-state index in [1.54, 1.807) is 31.3 Å². The zero-order valence-electron chi connectivity index (χ0n) is 16.9. The lowest BCUT2D eigenvalue weighted by Gasteiger charge is -2.18. The molecule has 4 rings (SSSR count). The van der Waals surface area contributed by atoms with Gasteiger partial charge in [-0.1, -0.05) is 22.3 Å². The first kappa shape index (κ1) is 19.0. The van der Waals surface area contributed by atoms with E-state index >= 15 is 0 Å². The third-order valence-electron chi connectivity index (χ3n) is 5.08. The molecule has 0 N–H and O–H groups in total. The second-order valence-corrected chi connectivity index (χ2v) is 7.28. The van der Waals surface area contributed by atoms with E-state index in [2.05, 4.69) is 16.2 Å². The molecule has 0 spiro atoms. The van der Waals surface area contributed by atoms with Gasteiger partial charge in [0.05, 0.1) is 14.2 Å². The molecule has 0 unspecified atom stereocenters. The van der Waals surface area contributed by atoms with Crippen LogP contribution in [0.3, 0.4) is 0 Å². The van der Waals surface area contributed by atoms with Gasteiger partial charge in [-0.2, -0.15) is 4.98 Å². The van der Waals surface area contributed by atoms with Crippen LogP contribution in [0.15, 0.2) is 40.9 Å². The van der Waals surface area contributed by atoms with E-state index < -0.39 is 0 Å². The third kappa shape index (κ3) is 3.68. The van der Waals surface area contributed by atoms with Crippen molar-refractivity contribution in [1.82, 2.24) is 10.1 Å². The summed E-state index contributed by atoms with van der Waals surface area (Å²) in [6.07, 6.45) is 0.333. The molecule has 150 valence electrons. The average Bonchev–Trinajstić information content (AvgIpc) is 3.33. The molecular weight excluding hydrogens is 370 g/mol. The average molecular weight is 393 g/mol. The fourth-order valence-electron chi connectivity index (χ4n) is 3.74. The largest absolute Gasteiger partial charge is 0.493 e. The van der Waals surface area contributed by atoms with Gasteiger partial charge < -0.3 is 18.9 Å². The lowest BCUT2D eigenvalue weighted by atomic mass is 10.1. The Bertz CT molecular complexity index is 1040. The van der Waals surface area contributed by atoms with Crippen LogP contribution in [0.2, 0.25) is 0 Å². The van der Waals surface area contributed by atoms with Crippen LogP contribution in [0, 0.1) is 13.8 Å². The number of aromatic nitrogens is 2. The Labute approximate surface area is 169 Å². The van der Waals surface area contributed by atoms with Crippen molar-refractivity contribution in [1.29, 1.82) is 0 Å². The monoisotopic (exact) mass is 393 g/mol. The highest BCUT2D eigenvalue weighted by atomic mass is 16.5. The summed E-state index contributed by atoms with van der Waals surface area (Å²) in [6.45, 7) is 4.55. The van der Waals surface area contributed by atoms with Crippen LogP contribution in [0.5, 0.6) is 11.5 Å². The van der Waals surface area contributed by atoms with Gasteiger partial charge in [-0.15, -0.1) is 0 Å². The zero-order chi connectivity index (χ0) is 20.5. The molecule has 0 radical (unpaired) electrons. The number of carbonyl (C=O) groups is 1. The maximum absolute atomic E-state index is 12.6. The highest BCUT2D eigenvalue weighted by Gasteiger charge is 2.35. The summed E-state index contributed by atoms with van der Waals surface area (Å²) in [5.41, 5.74) is 3.92. The van der Waals surface area contributed by atoms with Crippen LogP contribution in [-0.4, -0.2) is 36.8 Å². The fraction of sp³-hybridized carbons (Fsp3) is 0.318. The van der Waals surface area contributed by atoms with Crippen LogP contribution in [0.4, 0.5) is 5.69 Å². The number of methoxy groups -OCH3 is 2. The number of aryl methyl sites for hydroxylation is 2. The van der Waals surface area contributed by atoms with Crippen LogP contribution < -0.4 is 14.4 Å². The van der Waals surface area contributed by atoms with Crippen molar-refractivity contribution in [3.63, 3.8) is 0 Å². The van der Waals surface area contributed by atoms with E-state index in [1.165, 1.54) is 0 Å². The Morgan fingerprint density at radius 3 is 2.45 bits per heavy atom. The summed E-state index contributed by atoms with van der Waals surface area (Å²) in [7, 11) is 3.15. The molecule has 1 saturated heterocycles. The van der Waals surface area contributed by atoms with E-state index in [-0.39, 0.29) is 11.8 Å². The summed E-state index contributed by atoms with van der Waals surface area (Å²) in [5, 5.41) is 4.15. The molecule has 1 atom stereocenters. The number of hydrogen-bond donors (Lipinski definition) is 0. The van der Waals surface area contributed by atoms with Crippen molar-refractivity contribution >= 4 is 11.6 Å². The number of ether oxygens (including phenoxy) is 2. The first-order chi connectivity index (χ1) is 14.0. The molecule has 7 nitrogen and oxygen atoms in total.